The summed E-state index contributed by atoms with van der Waals surface area (Å²) in [6.45, 7) is 4.09. The maximum absolute atomic E-state index is 14.1. The van der Waals surface area contributed by atoms with Crippen molar-refractivity contribution in [2.24, 2.45) is 5.10 Å². The van der Waals surface area contributed by atoms with Gasteiger partial charge in [-0.3, -0.25) is 4.79 Å². The summed E-state index contributed by atoms with van der Waals surface area (Å²) in [5.41, 5.74) is 6.37. The summed E-state index contributed by atoms with van der Waals surface area (Å²) in [5.74, 6) is -0.878. The number of carbonyl (C=O) groups is 2. The van der Waals surface area contributed by atoms with Gasteiger partial charge in [-0.1, -0.05) is 47.5 Å². The van der Waals surface area contributed by atoms with Gasteiger partial charge in [0.05, 0.1) is 18.4 Å². The topological polar surface area (TPSA) is 92.8 Å². The fourth-order valence-electron chi connectivity index (χ4n) is 4.31. The molecule has 1 heterocycles. The number of esters is 1. The first kappa shape index (κ1) is 27.6. The first-order chi connectivity index (χ1) is 19.8. The second-order valence-electron chi connectivity index (χ2n) is 9.14. The third kappa shape index (κ3) is 6.13. The highest BCUT2D eigenvalue weighted by Crippen LogP contribution is 2.37. The molecule has 9 heteroatoms. The highest BCUT2D eigenvalue weighted by molar-refractivity contribution is 6.34. The molecule has 5 rings (SSSR count). The van der Waals surface area contributed by atoms with Crippen molar-refractivity contribution in [1.29, 1.82) is 0 Å². The van der Waals surface area contributed by atoms with E-state index in [2.05, 4.69) is 15.5 Å². The number of aryl methyl sites for hydroxylation is 1. The Morgan fingerprint density at radius 1 is 1.00 bits per heavy atom. The fourth-order valence-corrected chi connectivity index (χ4v) is 4.54. The predicted molar refractivity (Wildman–Crippen MR) is 158 cm³/mol. The number of benzene rings is 4. The molecular weight excluding hydrogens is 545 g/mol. The molecule has 7 nitrogen and oxygen atoms in total. The van der Waals surface area contributed by atoms with Gasteiger partial charge >= 0.3 is 5.97 Å². The Bertz CT molecular complexity index is 1780. The molecule has 0 bridgehead atoms. The van der Waals surface area contributed by atoms with Crippen LogP contribution in [0.4, 0.5) is 4.39 Å². The molecule has 5 aromatic rings. The predicted octanol–water partition coefficient (Wildman–Crippen LogP) is 7.32. The number of hydrogen-bond acceptors (Lipinski definition) is 5. The first-order valence-corrected chi connectivity index (χ1v) is 13.2. The summed E-state index contributed by atoms with van der Waals surface area (Å²) < 4.78 is 25.3. The summed E-state index contributed by atoms with van der Waals surface area (Å²) in [4.78, 5) is 28.9. The maximum Gasteiger partial charge on any atom is 0.343 e. The number of H-pyrrole nitrogens is 1. The Labute approximate surface area is 240 Å². The molecule has 0 aliphatic carbocycles. The summed E-state index contributed by atoms with van der Waals surface area (Å²) in [5, 5.41) is 5.03. The van der Waals surface area contributed by atoms with E-state index in [0.29, 0.717) is 50.5 Å². The minimum absolute atomic E-state index is 0.184. The number of nitrogens with zero attached hydrogens (tertiary/aromatic N) is 1. The molecule has 206 valence electrons. The van der Waals surface area contributed by atoms with Gasteiger partial charge in [0, 0.05) is 27.1 Å². The van der Waals surface area contributed by atoms with Crippen LogP contribution in [0, 0.1) is 12.7 Å². The number of ether oxygens (including phenoxy) is 2. The number of carbonyl (C=O) groups excluding carboxylic acids is 2. The van der Waals surface area contributed by atoms with Crippen molar-refractivity contribution in [3.63, 3.8) is 0 Å². The third-order valence-electron chi connectivity index (χ3n) is 6.27. The smallest absolute Gasteiger partial charge is 0.343 e. The van der Waals surface area contributed by atoms with Gasteiger partial charge in [0.15, 0.2) is 11.5 Å². The van der Waals surface area contributed by atoms with Crippen molar-refractivity contribution in [2.75, 3.05) is 6.61 Å². The molecule has 0 saturated carbocycles. The molecule has 0 radical (unpaired) electrons. The molecule has 4 aromatic carbocycles. The molecule has 0 aliphatic heterocycles. The maximum atomic E-state index is 14.1. The van der Waals surface area contributed by atoms with E-state index in [1.807, 2.05) is 26.0 Å². The minimum atomic E-state index is -0.540. The molecule has 2 N–H and O–H groups in total. The van der Waals surface area contributed by atoms with Crippen LogP contribution >= 0.6 is 11.6 Å². The van der Waals surface area contributed by atoms with Gasteiger partial charge in [-0.25, -0.2) is 14.6 Å². The number of rotatable bonds is 8. The Kier molecular flexibility index (Phi) is 8.12. The molecule has 0 aliphatic rings. The molecule has 0 saturated heterocycles. The number of halogens is 2. The molecule has 0 atom stereocenters. The first-order valence-electron chi connectivity index (χ1n) is 12.8. The van der Waals surface area contributed by atoms with Crippen molar-refractivity contribution in [1.82, 2.24) is 10.4 Å². The molecule has 41 heavy (non-hydrogen) atoms. The average molecular weight is 570 g/mol. The SMILES string of the molecule is CCOc1cc(C=NNC(=O)c2[nH]c3ccc(F)cc3c2-c2ccccc2Cl)ccc1OC(=O)c1ccc(C)cc1. The highest BCUT2D eigenvalue weighted by atomic mass is 35.5. The summed E-state index contributed by atoms with van der Waals surface area (Å²) >= 11 is 6.43. The van der Waals surface area contributed by atoms with Crippen molar-refractivity contribution in [3.05, 3.63) is 118 Å². The van der Waals surface area contributed by atoms with Crippen molar-refractivity contribution in [2.45, 2.75) is 13.8 Å². The number of aromatic nitrogens is 1. The van der Waals surface area contributed by atoms with E-state index in [1.54, 1.807) is 60.7 Å². The number of fused-ring (bicyclic) bond motifs is 1. The Hall–Kier alpha value is -4.95. The van der Waals surface area contributed by atoms with Gasteiger partial charge in [0.25, 0.3) is 5.91 Å². The van der Waals surface area contributed by atoms with Crippen molar-refractivity contribution >= 4 is 40.6 Å². The summed E-state index contributed by atoms with van der Waals surface area (Å²) in [7, 11) is 0. The second kappa shape index (κ2) is 12.1. The lowest BCUT2D eigenvalue weighted by Gasteiger charge is -2.11. The van der Waals surface area contributed by atoms with Gasteiger partial charge in [-0.05, 0) is 74.0 Å². The zero-order valence-corrected chi connectivity index (χ0v) is 23.0. The minimum Gasteiger partial charge on any atom is -0.490 e. The van der Waals surface area contributed by atoms with Crippen molar-refractivity contribution in [3.8, 4) is 22.6 Å². The highest BCUT2D eigenvalue weighted by Gasteiger charge is 2.21. The second-order valence-corrected chi connectivity index (χ2v) is 9.55. The van der Waals surface area contributed by atoms with E-state index in [1.165, 1.54) is 18.3 Å². The van der Waals surface area contributed by atoms with E-state index in [0.717, 1.165) is 5.56 Å². The fraction of sp³-hybridized carbons (Fsp3) is 0.0938. The summed E-state index contributed by atoms with van der Waals surface area (Å²) in [6, 6.07) is 23.2. The normalized spacial score (nSPS) is 11.1. The lowest BCUT2D eigenvalue weighted by molar-refractivity contribution is 0.0728. The van der Waals surface area contributed by atoms with Crippen LogP contribution in [0.25, 0.3) is 22.0 Å². The van der Waals surface area contributed by atoms with Gasteiger partial charge in [-0.2, -0.15) is 5.10 Å². The summed E-state index contributed by atoms with van der Waals surface area (Å²) in [6.07, 6.45) is 1.43. The molecule has 0 unspecified atom stereocenters. The molecule has 1 aromatic heterocycles. The molecule has 1 amide bonds. The van der Waals surface area contributed by atoms with Gasteiger partial charge in [-0.15, -0.1) is 0 Å². The van der Waals surface area contributed by atoms with Crippen LogP contribution in [0.3, 0.4) is 0 Å². The van der Waals surface area contributed by atoms with Crippen molar-refractivity contribution < 1.29 is 23.5 Å². The lowest BCUT2D eigenvalue weighted by atomic mass is 10.0. The zero-order valence-electron chi connectivity index (χ0n) is 22.2. The Balaban J connectivity index is 1.37. The largest absolute Gasteiger partial charge is 0.490 e. The van der Waals surface area contributed by atoms with Gasteiger partial charge < -0.3 is 14.5 Å². The monoisotopic (exact) mass is 569 g/mol. The van der Waals surface area contributed by atoms with Crippen LogP contribution in [-0.2, 0) is 0 Å². The van der Waals surface area contributed by atoms with Crippen LogP contribution in [0.15, 0.2) is 90.0 Å². The van der Waals surface area contributed by atoms with Gasteiger partial charge in [0.2, 0.25) is 0 Å². The Morgan fingerprint density at radius 2 is 1.78 bits per heavy atom. The van der Waals surface area contributed by atoms with Crippen LogP contribution < -0.4 is 14.9 Å². The number of nitrogens with one attached hydrogen (secondary N) is 2. The number of hydrogen-bond donors (Lipinski definition) is 2. The van der Waals surface area contributed by atoms with E-state index in [4.69, 9.17) is 21.1 Å². The number of hydrazone groups is 1. The standard InChI is InChI=1S/C32H25ClFN3O4/c1-3-40-28-16-20(10-15-27(28)41-32(39)21-11-8-19(2)9-12-21)18-35-37-31(38)30-29(23-6-4-5-7-25(23)33)24-17-22(34)13-14-26(24)36-30/h4-18,36H,3H2,1-2H3,(H,37,38). The van der Waals surface area contributed by atoms with E-state index >= 15 is 0 Å². The van der Waals surface area contributed by atoms with E-state index < -0.39 is 17.7 Å². The van der Waals surface area contributed by atoms with Gasteiger partial charge in [0.1, 0.15) is 11.5 Å². The van der Waals surface area contributed by atoms with Crippen LogP contribution in [0.2, 0.25) is 5.02 Å². The molecular formula is C32H25ClFN3O4. The van der Waals surface area contributed by atoms with E-state index in [9.17, 15) is 14.0 Å². The van der Waals surface area contributed by atoms with Crippen LogP contribution in [0.5, 0.6) is 11.5 Å². The number of aromatic amines is 1. The molecule has 0 fully saturated rings. The number of amides is 1. The third-order valence-corrected chi connectivity index (χ3v) is 6.60. The van der Waals surface area contributed by atoms with E-state index in [-0.39, 0.29) is 11.4 Å². The lowest BCUT2D eigenvalue weighted by Crippen LogP contribution is -2.19. The Morgan fingerprint density at radius 3 is 2.54 bits per heavy atom. The van der Waals surface area contributed by atoms with Crippen LogP contribution in [0.1, 0.15) is 38.9 Å². The molecule has 0 spiro atoms. The quantitative estimate of drug-likeness (QED) is 0.0886. The van der Waals surface area contributed by atoms with Crippen LogP contribution in [-0.4, -0.2) is 29.7 Å². The zero-order chi connectivity index (χ0) is 28.9. The average Bonchev–Trinajstić information content (AvgIpc) is 3.33.